The zero-order chi connectivity index (χ0) is 21.7. The minimum Gasteiger partial charge on any atom is -0.379 e. The van der Waals surface area contributed by atoms with Gasteiger partial charge in [0, 0.05) is 31.0 Å². The van der Waals surface area contributed by atoms with E-state index in [0.29, 0.717) is 43.5 Å². The maximum atomic E-state index is 12.9. The van der Waals surface area contributed by atoms with E-state index in [0.717, 1.165) is 22.1 Å². The fourth-order valence-electron chi connectivity index (χ4n) is 3.37. The Hall–Kier alpha value is -2.46. The lowest BCUT2D eigenvalue weighted by Crippen LogP contribution is -2.40. The number of hydrogen-bond acceptors (Lipinski definition) is 6. The predicted octanol–water partition coefficient (Wildman–Crippen LogP) is 3.44. The molecular weight excluding hydrogens is 432 g/mol. The Kier molecular flexibility index (Phi) is 6.86. The van der Waals surface area contributed by atoms with Crippen LogP contribution < -0.4 is 0 Å². The lowest BCUT2D eigenvalue weighted by Gasteiger charge is -2.26. The molecule has 0 saturated carbocycles. The van der Waals surface area contributed by atoms with Crippen LogP contribution in [0.4, 0.5) is 0 Å². The predicted molar refractivity (Wildman–Crippen MR) is 121 cm³/mol. The molecule has 0 bridgehead atoms. The molecule has 7 nitrogen and oxygen atoms in total. The molecule has 0 atom stereocenters. The number of allylic oxidation sites excluding steroid dienone is 1. The van der Waals surface area contributed by atoms with Gasteiger partial charge in [-0.05, 0) is 17.7 Å². The highest BCUT2D eigenvalue weighted by Gasteiger charge is 2.26. The summed E-state index contributed by atoms with van der Waals surface area (Å²) in [6, 6.07) is 17.0. The Morgan fingerprint density at radius 3 is 2.58 bits per heavy atom. The molecule has 0 N–H and O–H groups in total. The van der Waals surface area contributed by atoms with E-state index < -0.39 is 10.0 Å². The minimum absolute atomic E-state index is 0.310. The van der Waals surface area contributed by atoms with Crippen LogP contribution in [0, 0.1) is 0 Å². The Bertz CT molecular complexity index is 1140. The molecule has 9 heteroatoms. The molecule has 162 valence electrons. The van der Waals surface area contributed by atoms with E-state index in [1.54, 1.807) is 18.2 Å². The van der Waals surface area contributed by atoms with Crippen molar-refractivity contribution in [3.05, 3.63) is 72.8 Å². The van der Waals surface area contributed by atoms with E-state index in [-0.39, 0.29) is 0 Å². The molecule has 1 aromatic heterocycles. The number of morpholine rings is 1. The summed E-state index contributed by atoms with van der Waals surface area (Å²) in [4.78, 5) is 0.310. The number of aromatic nitrogens is 3. The number of rotatable bonds is 8. The van der Waals surface area contributed by atoms with Crippen molar-refractivity contribution in [2.24, 2.45) is 0 Å². The molecule has 1 saturated heterocycles. The first-order chi connectivity index (χ1) is 15.1. The topological polar surface area (TPSA) is 77.3 Å². The van der Waals surface area contributed by atoms with Crippen LogP contribution in [-0.2, 0) is 27.1 Å². The highest BCUT2D eigenvalue weighted by Crippen LogP contribution is 2.27. The van der Waals surface area contributed by atoms with Gasteiger partial charge in [-0.3, -0.25) is 4.57 Å². The Morgan fingerprint density at radius 1 is 1.06 bits per heavy atom. The monoisotopic (exact) mass is 456 g/mol. The fourth-order valence-corrected chi connectivity index (χ4v) is 5.74. The zero-order valence-corrected chi connectivity index (χ0v) is 18.7. The molecule has 2 heterocycles. The molecule has 3 aromatic rings. The maximum absolute atomic E-state index is 12.9. The van der Waals surface area contributed by atoms with Crippen molar-refractivity contribution in [1.82, 2.24) is 19.1 Å². The summed E-state index contributed by atoms with van der Waals surface area (Å²) in [6.45, 7) is 6.06. The average molecular weight is 457 g/mol. The van der Waals surface area contributed by atoms with Crippen LogP contribution in [0.25, 0.3) is 11.4 Å². The first-order valence-corrected chi connectivity index (χ1v) is 12.4. The smallest absolute Gasteiger partial charge is 0.243 e. The fraction of sp³-hybridized carbons (Fsp3) is 0.273. The van der Waals surface area contributed by atoms with Gasteiger partial charge < -0.3 is 4.74 Å². The normalized spacial score (nSPS) is 15.1. The van der Waals surface area contributed by atoms with Gasteiger partial charge in [-0.25, -0.2) is 8.42 Å². The van der Waals surface area contributed by atoms with Crippen LogP contribution in [-0.4, -0.2) is 53.8 Å². The lowest BCUT2D eigenvalue weighted by molar-refractivity contribution is 0.0730. The van der Waals surface area contributed by atoms with E-state index >= 15 is 0 Å². The molecule has 0 spiro atoms. The van der Waals surface area contributed by atoms with Crippen LogP contribution >= 0.6 is 11.8 Å². The quantitative estimate of drug-likeness (QED) is 0.382. The molecule has 0 aliphatic carbocycles. The third-order valence-corrected chi connectivity index (χ3v) is 7.87. The van der Waals surface area contributed by atoms with E-state index in [4.69, 9.17) is 4.74 Å². The molecule has 0 amide bonds. The Labute approximate surface area is 186 Å². The largest absolute Gasteiger partial charge is 0.379 e. The molecule has 1 fully saturated rings. The van der Waals surface area contributed by atoms with Crippen LogP contribution in [0.2, 0.25) is 0 Å². The summed E-state index contributed by atoms with van der Waals surface area (Å²) in [7, 11) is -3.52. The van der Waals surface area contributed by atoms with Gasteiger partial charge in [0.05, 0.1) is 18.1 Å². The molecule has 1 aliphatic rings. The molecule has 31 heavy (non-hydrogen) atoms. The average Bonchev–Trinajstić information content (AvgIpc) is 3.22. The van der Waals surface area contributed by atoms with Gasteiger partial charge in [-0.2, -0.15) is 4.31 Å². The van der Waals surface area contributed by atoms with Crippen LogP contribution in [0.5, 0.6) is 0 Å². The number of benzene rings is 2. The number of hydrogen-bond donors (Lipinski definition) is 0. The van der Waals surface area contributed by atoms with Gasteiger partial charge in [0.15, 0.2) is 11.0 Å². The van der Waals surface area contributed by atoms with Gasteiger partial charge >= 0.3 is 0 Å². The molecule has 0 unspecified atom stereocenters. The summed E-state index contributed by atoms with van der Waals surface area (Å²) in [6.07, 6.45) is 1.81. The summed E-state index contributed by atoms with van der Waals surface area (Å²) in [5.41, 5.74) is 1.90. The van der Waals surface area contributed by atoms with Crippen LogP contribution in [0.15, 0.2) is 77.3 Å². The van der Waals surface area contributed by atoms with Crippen LogP contribution in [0.1, 0.15) is 5.56 Å². The summed E-state index contributed by atoms with van der Waals surface area (Å²) in [5.74, 6) is 1.36. The highest BCUT2D eigenvalue weighted by atomic mass is 32.2. The number of sulfonamides is 1. The van der Waals surface area contributed by atoms with Crippen molar-refractivity contribution in [3.63, 3.8) is 0 Å². The van der Waals surface area contributed by atoms with Crippen molar-refractivity contribution in [3.8, 4) is 11.4 Å². The summed E-state index contributed by atoms with van der Waals surface area (Å²) in [5, 5.41) is 9.49. The second-order valence-electron chi connectivity index (χ2n) is 7.02. The standard InChI is InChI=1S/C22H24N4O3S2/c1-2-11-26-21(19-8-4-3-5-9-19)23-24-22(26)30-17-18-7-6-10-20(16-18)31(27,28)25-12-14-29-15-13-25/h2-10,16H,1,11-15,17H2. The molecule has 1 aliphatic heterocycles. The Balaban J connectivity index is 1.53. The number of nitrogens with zero attached hydrogens (tertiary/aromatic N) is 4. The van der Waals surface area contributed by atoms with Crippen molar-refractivity contribution in [1.29, 1.82) is 0 Å². The second kappa shape index (κ2) is 9.78. The molecular formula is C22H24N4O3S2. The van der Waals surface area contributed by atoms with Crippen LogP contribution in [0.3, 0.4) is 0 Å². The van der Waals surface area contributed by atoms with E-state index in [1.165, 1.54) is 16.1 Å². The van der Waals surface area contributed by atoms with Gasteiger partial charge in [-0.15, -0.1) is 16.8 Å². The van der Waals surface area contributed by atoms with Gasteiger partial charge in [0.25, 0.3) is 0 Å². The first-order valence-electron chi connectivity index (χ1n) is 9.99. The van der Waals surface area contributed by atoms with Crippen molar-refractivity contribution >= 4 is 21.8 Å². The van der Waals surface area contributed by atoms with E-state index in [2.05, 4.69) is 16.8 Å². The van der Waals surface area contributed by atoms with Gasteiger partial charge in [0.2, 0.25) is 10.0 Å². The number of ether oxygens (including phenoxy) is 1. The third kappa shape index (κ3) is 4.90. The molecule has 4 rings (SSSR count). The van der Waals surface area contributed by atoms with E-state index in [9.17, 15) is 8.42 Å². The zero-order valence-electron chi connectivity index (χ0n) is 17.1. The summed E-state index contributed by atoms with van der Waals surface area (Å²) < 4.78 is 34.7. The van der Waals surface area contributed by atoms with Crippen molar-refractivity contribution in [2.45, 2.75) is 22.3 Å². The second-order valence-corrected chi connectivity index (χ2v) is 9.90. The lowest BCUT2D eigenvalue weighted by atomic mass is 10.2. The SMILES string of the molecule is C=CCn1c(SCc2cccc(S(=O)(=O)N3CCOCC3)c2)nnc1-c1ccccc1. The Morgan fingerprint density at radius 2 is 1.84 bits per heavy atom. The minimum atomic E-state index is -3.52. The van der Waals surface area contributed by atoms with Gasteiger partial charge in [0.1, 0.15) is 0 Å². The first kappa shape index (κ1) is 21.8. The highest BCUT2D eigenvalue weighted by molar-refractivity contribution is 7.98. The maximum Gasteiger partial charge on any atom is 0.243 e. The number of thioether (sulfide) groups is 1. The van der Waals surface area contributed by atoms with E-state index in [1.807, 2.05) is 47.0 Å². The van der Waals surface area contributed by atoms with Gasteiger partial charge in [-0.1, -0.05) is 60.3 Å². The molecule has 0 radical (unpaired) electrons. The molecule has 2 aromatic carbocycles. The third-order valence-electron chi connectivity index (χ3n) is 4.93. The summed E-state index contributed by atoms with van der Waals surface area (Å²) >= 11 is 1.52. The van der Waals surface area contributed by atoms with Crippen molar-refractivity contribution < 1.29 is 13.2 Å². The van der Waals surface area contributed by atoms with Crippen molar-refractivity contribution in [2.75, 3.05) is 26.3 Å².